The number of hydrogen-bond acceptors (Lipinski definition) is 2. The quantitative estimate of drug-likeness (QED) is 0.378. The maximum absolute atomic E-state index is 4.00. The molecular weight excluding hydrogens is 328 g/mol. The zero-order valence-corrected chi connectivity index (χ0v) is 16.1. The molecule has 0 aliphatic carbocycles. The lowest BCUT2D eigenvalue weighted by Gasteiger charge is -2.51. The van der Waals surface area contributed by atoms with Crippen molar-refractivity contribution in [2.24, 2.45) is 0 Å². The Bertz CT molecular complexity index is 648. The van der Waals surface area contributed by atoms with E-state index in [0.29, 0.717) is 0 Å². The molecule has 0 N–H and O–H groups in total. The van der Waals surface area contributed by atoms with E-state index in [1.807, 2.05) is 24.3 Å². The first-order chi connectivity index (χ1) is 13.2. The minimum Gasteiger partial charge on any atom is -0.270 e. The van der Waals surface area contributed by atoms with Crippen molar-refractivity contribution in [1.82, 2.24) is 9.80 Å². The van der Waals surface area contributed by atoms with Crippen molar-refractivity contribution in [3.05, 3.63) is 122 Å². The van der Waals surface area contributed by atoms with Crippen LogP contribution in [0.4, 0.5) is 0 Å². The summed E-state index contributed by atoms with van der Waals surface area (Å²) in [6, 6.07) is 21.2. The smallest absolute Gasteiger partial charge is 0.127 e. The van der Waals surface area contributed by atoms with E-state index in [-0.39, 0.29) is 0 Å². The highest BCUT2D eigenvalue weighted by molar-refractivity contribution is 5.39. The first-order valence-electron chi connectivity index (χ1n) is 9.30. The van der Waals surface area contributed by atoms with E-state index in [1.54, 1.807) is 0 Å². The summed E-state index contributed by atoms with van der Waals surface area (Å²) in [6.45, 7) is 18.9. The van der Waals surface area contributed by atoms with Gasteiger partial charge in [0.2, 0.25) is 0 Å². The van der Waals surface area contributed by atoms with Gasteiger partial charge in [-0.3, -0.25) is 9.80 Å². The Morgan fingerprint density at radius 3 is 1.11 bits per heavy atom. The third-order valence-corrected chi connectivity index (χ3v) is 4.67. The molecule has 0 radical (unpaired) electrons. The highest BCUT2D eigenvalue weighted by Gasteiger charge is 2.43. The van der Waals surface area contributed by atoms with Crippen molar-refractivity contribution in [1.29, 1.82) is 0 Å². The van der Waals surface area contributed by atoms with Crippen LogP contribution in [0, 0.1) is 0 Å². The molecular formula is C25H30N2. The summed E-state index contributed by atoms with van der Waals surface area (Å²) in [5, 5.41) is 0. The molecule has 140 valence electrons. The molecule has 2 rings (SSSR count). The van der Waals surface area contributed by atoms with Crippen LogP contribution in [0.2, 0.25) is 0 Å². The summed E-state index contributed by atoms with van der Waals surface area (Å²) in [4.78, 5) is 4.79. The molecule has 0 fully saturated rings. The molecule has 2 aromatic carbocycles. The van der Waals surface area contributed by atoms with Crippen LogP contribution in [0.15, 0.2) is 111 Å². The third-order valence-electron chi connectivity index (χ3n) is 4.67. The first kappa shape index (κ1) is 20.6. The molecule has 0 unspecified atom stereocenters. The molecule has 2 aromatic rings. The SMILES string of the molecule is C=CCN(CC=C)C(c1ccccc1)(c1ccccc1)N(CC=C)CC=C. The van der Waals surface area contributed by atoms with Crippen molar-refractivity contribution in [2.45, 2.75) is 5.66 Å². The number of hydrogen-bond donors (Lipinski definition) is 0. The lowest BCUT2D eigenvalue weighted by molar-refractivity contribution is -0.00510. The average Bonchev–Trinajstić information content (AvgIpc) is 2.71. The minimum absolute atomic E-state index is 0.493. The Kier molecular flexibility index (Phi) is 8.00. The Morgan fingerprint density at radius 2 is 0.852 bits per heavy atom. The highest BCUT2D eigenvalue weighted by Crippen LogP contribution is 2.39. The van der Waals surface area contributed by atoms with Gasteiger partial charge in [0, 0.05) is 26.2 Å². The Morgan fingerprint density at radius 1 is 0.556 bits per heavy atom. The fourth-order valence-corrected chi connectivity index (χ4v) is 3.74. The Labute approximate surface area is 164 Å². The summed E-state index contributed by atoms with van der Waals surface area (Å²) in [5.74, 6) is 0. The second kappa shape index (κ2) is 10.5. The second-order valence-corrected chi connectivity index (χ2v) is 6.37. The normalized spacial score (nSPS) is 11.3. The predicted octanol–water partition coefficient (Wildman–Crippen LogP) is 5.24. The predicted molar refractivity (Wildman–Crippen MR) is 118 cm³/mol. The molecule has 0 heterocycles. The van der Waals surface area contributed by atoms with Crippen LogP contribution in [0.3, 0.4) is 0 Å². The summed E-state index contributed by atoms with van der Waals surface area (Å²) >= 11 is 0. The molecule has 27 heavy (non-hydrogen) atoms. The van der Waals surface area contributed by atoms with E-state index < -0.39 is 5.66 Å². The van der Waals surface area contributed by atoms with Gasteiger partial charge >= 0.3 is 0 Å². The van der Waals surface area contributed by atoms with Crippen molar-refractivity contribution >= 4 is 0 Å². The fourth-order valence-electron chi connectivity index (χ4n) is 3.74. The molecule has 0 aliphatic rings. The molecule has 0 saturated carbocycles. The van der Waals surface area contributed by atoms with Crippen LogP contribution in [-0.4, -0.2) is 36.0 Å². The van der Waals surface area contributed by atoms with Crippen LogP contribution in [-0.2, 0) is 5.66 Å². The summed E-state index contributed by atoms with van der Waals surface area (Å²) in [6.07, 6.45) is 7.79. The van der Waals surface area contributed by atoms with Gasteiger partial charge in [0.15, 0.2) is 0 Å². The molecule has 0 saturated heterocycles. The summed E-state index contributed by atoms with van der Waals surface area (Å²) in [7, 11) is 0. The fraction of sp³-hybridized carbons (Fsp3) is 0.200. The number of benzene rings is 2. The van der Waals surface area contributed by atoms with Gasteiger partial charge in [-0.15, -0.1) is 26.3 Å². The van der Waals surface area contributed by atoms with E-state index in [9.17, 15) is 0 Å². The Balaban J connectivity index is 2.86. The van der Waals surface area contributed by atoms with E-state index in [4.69, 9.17) is 0 Å². The zero-order chi connectivity index (χ0) is 19.5. The monoisotopic (exact) mass is 358 g/mol. The van der Waals surface area contributed by atoms with Gasteiger partial charge < -0.3 is 0 Å². The molecule has 0 amide bonds. The first-order valence-corrected chi connectivity index (χ1v) is 9.30. The van der Waals surface area contributed by atoms with Crippen molar-refractivity contribution in [3.63, 3.8) is 0 Å². The van der Waals surface area contributed by atoms with Gasteiger partial charge in [-0.05, 0) is 11.1 Å². The van der Waals surface area contributed by atoms with Gasteiger partial charge in [-0.2, -0.15) is 0 Å². The molecule has 2 nitrogen and oxygen atoms in total. The van der Waals surface area contributed by atoms with E-state index in [0.717, 1.165) is 26.2 Å². The molecule has 0 bridgehead atoms. The summed E-state index contributed by atoms with van der Waals surface area (Å²) in [5.41, 5.74) is 1.90. The molecule has 0 aromatic heterocycles. The molecule has 0 spiro atoms. The molecule has 0 atom stereocenters. The van der Waals surface area contributed by atoms with Crippen LogP contribution in [0.5, 0.6) is 0 Å². The van der Waals surface area contributed by atoms with E-state index >= 15 is 0 Å². The van der Waals surface area contributed by atoms with Gasteiger partial charge in [-0.25, -0.2) is 0 Å². The van der Waals surface area contributed by atoms with Crippen LogP contribution in [0.1, 0.15) is 11.1 Å². The molecule has 0 aliphatic heterocycles. The van der Waals surface area contributed by atoms with E-state index in [1.165, 1.54) is 11.1 Å². The van der Waals surface area contributed by atoms with Crippen molar-refractivity contribution in [2.75, 3.05) is 26.2 Å². The third kappa shape index (κ3) is 4.36. The lowest BCUT2D eigenvalue weighted by Crippen LogP contribution is -2.59. The highest BCUT2D eigenvalue weighted by atomic mass is 15.4. The van der Waals surface area contributed by atoms with Crippen LogP contribution >= 0.6 is 0 Å². The molecule has 2 heteroatoms. The van der Waals surface area contributed by atoms with Crippen molar-refractivity contribution in [3.8, 4) is 0 Å². The van der Waals surface area contributed by atoms with Gasteiger partial charge in [0.05, 0.1) is 0 Å². The van der Waals surface area contributed by atoms with Gasteiger partial charge in [0.1, 0.15) is 5.66 Å². The maximum Gasteiger partial charge on any atom is 0.127 e. The van der Waals surface area contributed by atoms with Crippen LogP contribution < -0.4 is 0 Å². The second-order valence-electron chi connectivity index (χ2n) is 6.37. The Hall–Kier alpha value is -2.68. The average molecular weight is 359 g/mol. The van der Waals surface area contributed by atoms with Gasteiger partial charge in [-0.1, -0.05) is 85.0 Å². The number of rotatable bonds is 12. The summed E-state index contributed by atoms with van der Waals surface area (Å²) < 4.78 is 0. The largest absolute Gasteiger partial charge is 0.270 e. The van der Waals surface area contributed by atoms with E-state index in [2.05, 4.69) is 96.8 Å². The topological polar surface area (TPSA) is 6.48 Å². The van der Waals surface area contributed by atoms with Crippen molar-refractivity contribution < 1.29 is 0 Å². The number of nitrogens with zero attached hydrogens (tertiary/aromatic N) is 2. The standard InChI is InChI=1S/C25H30N2/c1-5-19-26(20-6-2)25(23-15-11-9-12-16-23,24-17-13-10-14-18-24)27(21-7-3)22-8-4/h5-18H,1-4,19-22H2. The maximum atomic E-state index is 4.00. The zero-order valence-electron chi connectivity index (χ0n) is 16.1. The van der Waals surface area contributed by atoms with Gasteiger partial charge in [0.25, 0.3) is 0 Å². The minimum atomic E-state index is -0.493. The van der Waals surface area contributed by atoms with Crippen LogP contribution in [0.25, 0.3) is 0 Å². The lowest BCUT2D eigenvalue weighted by atomic mass is 9.86.